The van der Waals surface area contributed by atoms with Gasteiger partial charge >= 0.3 is 34.0 Å². The Balaban J connectivity index is -0.0000000257. The molecule has 0 aliphatic rings. The Morgan fingerprint density at radius 3 is 0.700 bits per heavy atom. The highest BCUT2D eigenvalue weighted by Gasteiger charge is 1.47. The van der Waals surface area contributed by atoms with Crippen molar-refractivity contribution in [3.05, 3.63) is 0 Å². The van der Waals surface area contributed by atoms with Gasteiger partial charge in [0.2, 0.25) is 0 Å². The lowest BCUT2D eigenvalue weighted by atomic mass is 15.9. The summed E-state index contributed by atoms with van der Waals surface area (Å²) in [5, 5.41) is 0. The van der Waals surface area contributed by atoms with Crippen LogP contribution in [0, 0.1) is 34.0 Å². The largest absolute Gasteiger partial charge is 0.506 e. The molecule has 68 valence electrons. The standard InChI is InChI=1S/3ClHO2.H3P/c3*2-1-3;/h3*2H;1H3. The summed E-state index contributed by atoms with van der Waals surface area (Å²) in [7, 11) is 0. The van der Waals surface area contributed by atoms with E-state index in [4.69, 9.17) is 28.0 Å². The van der Waals surface area contributed by atoms with E-state index in [9.17, 15) is 0 Å². The Labute approximate surface area is 72.3 Å². The first-order valence-electron chi connectivity index (χ1n) is 0.970. The molecule has 0 aliphatic carbocycles. The van der Waals surface area contributed by atoms with Gasteiger partial charge in [-0.1, -0.05) is 0 Å². The Hall–Kier alpha value is 1.06. The van der Waals surface area contributed by atoms with E-state index < -0.39 is 0 Å². The van der Waals surface area contributed by atoms with Crippen molar-refractivity contribution in [1.29, 1.82) is 0 Å². The predicted octanol–water partition coefficient (Wildman–Crippen LogP) is -5.18. The summed E-state index contributed by atoms with van der Waals surface area (Å²) in [6, 6.07) is 0. The van der Waals surface area contributed by atoms with Crippen LogP contribution in [0.2, 0.25) is 0 Å². The van der Waals surface area contributed by atoms with Crippen LogP contribution >= 0.6 is 9.90 Å². The molecule has 0 spiro atoms. The van der Waals surface area contributed by atoms with Crippen molar-refractivity contribution >= 4 is 9.90 Å². The van der Waals surface area contributed by atoms with Crippen LogP contribution in [0.15, 0.2) is 0 Å². The van der Waals surface area contributed by atoms with Crippen molar-refractivity contribution in [3.8, 4) is 0 Å². The molecule has 6 nitrogen and oxygen atoms in total. The summed E-state index contributed by atoms with van der Waals surface area (Å²) < 4.78 is 45.7. The normalized spacial score (nSPS) is 5.40. The van der Waals surface area contributed by atoms with Gasteiger partial charge in [0.05, 0.1) is 0 Å². The molecule has 0 fully saturated rings. The summed E-state index contributed by atoms with van der Waals surface area (Å²) in [5.74, 6) is 0. The minimum absolute atomic E-state index is 0. The van der Waals surface area contributed by atoms with E-state index in [-0.39, 0.29) is 43.9 Å². The molecule has 3 N–H and O–H groups in total. The van der Waals surface area contributed by atoms with Crippen molar-refractivity contribution in [3.63, 3.8) is 0 Å². The predicted molar refractivity (Wildman–Crippen MR) is 17.8 cm³/mol. The molecule has 1 atom stereocenters. The molecule has 10 heteroatoms. The molecule has 1 unspecified atom stereocenters. The molecule has 0 aromatic carbocycles. The van der Waals surface area contributed by atoms with Crippen LogP contribution in [0.3, 0.4) is 0 Å². The van der Waals surface area contributed by atoms with E-state index in [1.165, 1.54) is 0 Å². The number of rotatable bonds is 0. The minimum atomic E-state index is -0.167. The fourth-order valence-electron chi connectivity index (χ4n) is 0. The maximum Gasteiger partial charge on any atom is 0.327 e. The third-order valence-electron chi connectivity index (χ3n) is 0. The first-order valence-corrected chi connectivity index (χ1v) is 2.91. The summed E-state index contributed by atoms with van der Waals surface area (Å²) in [4.78, 5) is 0. The van der Waals surface area contributed by atoms with Crippen LogP contribution in [-0.4, -0.2) is 14.0 Å². The van der Waals surface area contributed by atoms with Gasteiger partial charge in [0.1, 0.15) is 0 Å². The first-order chi connectivity index (χ1) is 4.24. The number of hydrogen-bond acceptors (Lipinski definition) is 6. The van der Waals surface area contributed by atoms with E-state index in [0.717, 1.165) is 0 Å². The van der Waals surface area contributed by atoms with Crippen molar-refractivity contribution in [1.82, 2.24) is 0 Å². The second kappa shape index (κ2) is 50.1. The van der Waals surface area contributed by atoms with Gasteiger partial charge in [0.25, 0.3) is 0 Å². The van der Waals surface area contributed by atoms with Gasteiger partial charge in [-0.05, 0) is 0 Å². The Kier molecular flexibility index (Phi) is 112. The molecular weight excluding hydrogens is 233 g/mol. The van der Waals surface area contributed by atoms with Gasteiger partial charge in [-0.2, -0.15) is 9.90 Å². The van der Waals surface area contributed by atoms with Gasteiger partial charge in [-0.3, -0.25) is 0 Å². The summed E-state index contributed by atoms with van der Waals surface area (Å²) >= 11 is -0.500. The smallest absolute Gasteiger partial charge is 0.327 e. The molecule has 0 radical (unpaired) electrons. The van der Waals surface area contributed by atoms with Crippen molar-refractivity contribution in [2.45, 2.75) is 0 Å². The molecule has 0 amide bonds. The van der Waals surface area contributed by atoms with Gasteiger partial charge in [-0.15, -0.1) is 14.0 Å². The quantitative estimate of drug-likeness (QED) is 0.362. The lowest BCUT2D eigenvalue weighted by molar-refractivity contribution is -1.27. The second-order valence-electron chi connectivity index (χ2n) is 0.207. The van der Waals surface area contributed by atoms with E-state index in [0.29, 0.717) is 0 Å². The minimum Gasteiger partial charge on any atom is -0.506 e. The molecule has 10 heavy (non-hydrogen) atoms. The number of hydrogen-bond donors (Lipinski definition) is 3. The van der Waals surface area contributed by atoms with Gasteiger partial charge in [0, 0.05) is 0 Å². The average molecular weight is 239 g/mol. The van der Waals surface area contributed by atoms with E-state index in [1.807, 2.05) is 0 Å². The van der Waals surface area contributed by atoms with Crippen LogP contribution in [0.1, 0.15) is 0 Å². The number of halogens is 3. The molecule has 0 bridgehead atoms. The van der Waals surface area contributed by atoms with Crippen molar-refractivity contribution in [2.24, 2.45) is 0 Å². The maximum atomic E-state index is 8.35. The molecule has 0 saturated heterocycles. The van der Waals surface area contributed by atoms with E-state index >= 15 is 0 Å². The molecule has 0 rings (SSSR count). The Morgan fingerprint density at radius 1 is 0.700 bits per heavy atom. The third kappa shape index (κ3) is 524. The van der Waals surface area contributed by atoms with Crippen molar-refractivity contribution < 1.29 is 61.9 Å². The maximum absolute atomic E-state index is 8.35. The highest BCUT2D eigenvalue weighted by atomic mass is 35.6. The zero-order chi connectivity index (χ0) is 8.12. The monoisotopic (exact) mass is 238 g/mol. The molecule has 0 aromatic rings. The zero-order valence-corrected chi connectivity index (χ0v) is 8.09. The topological polar surface area (TPSA) is 130 Å². The van der Waals surface area contributed by atoms with Crippen LogP contribution < -0.4 is 14.0 Å². The second-order valence-corrected chi connectivity index (χ2v) is 0.621. The molecular formula is H6Cl3O6P. The molecule has 0 aliphatic heterocycles. The van der Waals surface area contributed by atoms with Crippen LogP contribution in [-0.2, 0) is 0 Å². The summed E-state index contributed by atoms with van der Waals surface area (Å²) in [6.45, 7) is 0. The fourth-order valence-corrected chi connectivity index (χ4v) is 0. The SMILES string of the molecule is P.[O-][Cl+]O.[O-][Cl+]O.[O-][Cl+]O. The molecule has 0 aromatic heterocycles. The average Bonchev–Trinajstić information content (AvgIpc) is 1.70. The van der Waals surface area contributed by atoms with Crippen LogP contribution in [0.25, 0.3) is 0 Å². The highest BCUT2D eigenvalue weighted by Crippen LogP contribution is 1.14. The van der Waals surface area contributed by atoms with Gasteiger partial charge in [0.15, 0.2) is 0 Å². The third-order valence-corrected chi connectivity index (χ3v) is 0. The zero-order valence-electron chi connectivity index (χ0n) is 4.41. The molecule has 0 saturated carbocycles. The lowest BCUT2D eigenvalue weighted by Gasteiger charge is -1.46. The van der Waals surface area contributed by atoms with E-state index in [2.05, 4.69) is 0 Å². The first kappa shape index (κ1) is 22.5. The Morgan fingerprint density at radius 2 is 0.700 bits per heavy atom. The highest BCUT2D eigenvalue weighted by molar-refractivity contribution is 6.92. The Bertz CT molecular complexity index is 17.7. The van der Waals surface area contributed by atoms with Gasteiger partial charge < -0.3 is 14.0 Å². The van der Waals surface area contributed by atoms with Crippen molar-refractivity contribution in [2.75, 3.05) is 0 Å². The summed E-state index contributed by atoms with van der Waals surface area (Å²) in [5.41, 5.74) is 0. The van der Waals surface area contributed by atoms with E-state index in [1.54, 1.807) is 0 Å². The molecule has 0 heterocycles. The van der Waals surface area contributed by atoms with Gasteiger partial charge in [-0.25, -0.2) is 0 Å². The summed E-state index contributed by atoms with van der Waals surface area (Å²) in [6.07, 6.45) is 0. The van der Waals surface area contributed by atoms with Crippen LogP contribution in [0.5, 0.6) is 0 Å². The fraction of sp³-hybridized carbons (Fsp3) is 0. The van der Waals surface area contributed by atoms with Crippen LogP contribution in [0.4, 0.5) is 0 Å². The lowest BCUT2D eigenvalue weighted by Crippen LogP contribution is -1.94.